The monoisotopic (exact) mass is 336 g/mol. The van der Waals surface area contributed by atoms with Crippen molar-refractivity contribution in [3.63, 3.8) is 0 Å². The van der Waals surface area contributed by atoms with E-state index < -0.39 is 0 Å². The van der Waals surface area contributed by atoms with Gasteiger partial charge in [0.2, 0.25) is 0 Å². The lowest BCUT2D eigenvalue weighted by atomic mass is 10.1. The zero-order valence-corrected chi connectivity index (χ0v) is 13.4. The number of nitrogens with one attached hydrogen (secondary N) is 1. The standard InChI is InChI=1S/C19H13ClN2O2/c20-16-4-2-1-3-15(16)17-9-10-18(24-17)19(23)22-14-7-5-13(6-8-14)11-12-21/h1-10H,11H2,(H,22,23). The summed E-state index contributed by atoms with van der Waals surface area (Å²) in [4.78, 5) is 12.3. The predicted molar refractivity (Wildman–Crippen MR) is 92.9 cm³/mol. The minimum absolute atomic E-state index is 0.200. The molecule has 0 bridgehead atoms. The van der Waals surface area contributed by atoms with E-state index in [4.69, 9.17) is 21.3 Å². The van der Waals surface area contributed by atoms with Gasteiger partial charge < -0.3 is 9.73 Å². The Labute approximate surface area is 144 Å². The summed E-state index contributed by atoms with van der Waals surface area (Å²) in [6.45, 7) is 0. The second-order valence-electron chi connectivity index (χ2n) is 5.13. The molecule has 5 heteroatoms. The quantitative estimate of drug-likeness (QED) is 0.735. The maximum Gasteiger partial charge on any atom is 0.291 e. The Morgan fingerprint density at radius 2 is 1.83 bits per heavy atom. The molecule has 1 heterocycles. The minimum Gasteiger partial charge on any atom is -0.451 e. The number of carbonyl (C=O) groups excluding carboxylic acids is 1. The molecule has 4 nitrogen and oxygen atoms in total. The number of nitriles is 1. The van der Waals surface area contributed by atoms with Crippen molar-refractivity contribution in [1.82, 2.24) is 0 Å². The topological polar surface area (TPSA) is 66.0 Å². The van der Waals surface area contributed by atoms with E-state index >= 15 is 0 Å². The van der Waals surface area contributed by atoms with Gasteiger partial charge in [0.25, 0.3) is 5.91 Å². The molecule has 3 aromatic rings. The molecule has 2 aromatic carbocycles. The van der Waals surface area contributed by atoms with E-state index in [1.54, 1.807) is 42.5 Å². The van der Waals surface area contributed by atoms with Gasteiger partial charge >= 0.3 is 0 Å². The molecule has 0 radical (unpaired) electrons. The molecule has 3 rings (SSSR count). The Morgan fingerprint density at radius 3 is 2.54 bits per heavy atom. The average molecular weight is 337 g/mol. The molecule has 0 aliphatic heterocycles. The zero-order chi connectivity index (χ0) is 16.9. The Kier molecular flexibility index (Phi) is 4.64. The van der Waals surface area contributed by atoms with Gasteiger partial charge in [-0.1, -0.05) is 35.9 Å². The third kappa shape index (κ3) is 3.48. The van der Waals surface area contributed by atoms with Crippen LogP contribution in [0.25, 0.3) is 11.3 Å². The van der Waals surface area contributed by atoms with Crippen LogP contribution in [0.3, 0.4) is 0 Å². The average Bonchev–Trinajstić information content (AvgIpc) is 3.07. The van der Waals surface area contributed by atoms with Crippen molar-refractivity contribution in [2.75, 3.05) is 5.32 Å². The molecule has 0 saturated heterocycles. The summed E-state index contributed by atoms with van der Waals surface area (Å²) >= 11 is 6.13. The first-order chi connectivity index (χ1) is 11.7. The van der Waals surface area contributed by atoms with Gasteiger partial charge in [-0.2, -0.15) is 5.26 Å². The van der Waals surface area contributed by atoms with Crippen LogP contribution in [-0.2, 0) is 6.42 Å². The van der Waals surface area contributed by atoms with Gasteiger partial charge in [-0.05, 0) is 42.0 Å². The lowest BCUT2D eigenvalue weighted by Crippen LogP contribution is -2.10. The number of amides is 1. The van der Waals surface area contributed by atoms with Gasteiger partial charge in [-0.3, -0.25) is 4.79 Å². The van der Waals surface area contributed by atoms with Crippen molar-refractivity contribution < 1.29 is 9.21 Å². The van der Waals surface area contributed by atoms with Crippen molar-refractivity contribution in [1.29, 1.82) is 5.26 Å². The highest BCUT2D eigenvalue weighted by Gasteiger charge is 2.14. The molecule has 0 atom stereocenters. The van der Waals surface area contributed by atoms with E-state index in [0.717, 1.165) is 11.1 Å². The van der Waals surface area contributed by atoms with Crippen molar-refractivity contribution in [3.05, 3.63) is 77.0 Å². The lowest BCUT2D eigenvalue weighted by molar-refractivity contribution is 0.0997. The number of hydrogen-bond donors (Lipinski definition) is 1. The minimum atomic E-state index is -0.346. The van der Waals surface area contributed by atoms with Gasteiger partial charge in [-0.15, -0.1) is 0 Å². The summed E-state index contributed by atoms with van der Waals surface area (Å²) in [5.41, 5.74) is 2.27. The number of carbonyl (C=O) groups is 1. The van der Waals surface area contributed by atoms with Crippen LogP contribution in [0.5, 0.6) is 0 Å². The predicted octanol–water partition coefficient (Wildman–Crippen LogP) is 4.92. The first-order valence-corrected chi connectivity index (χ1v) is 7.67. The van der Waals surface area contributed by atoms with Crippen LogP contribution in [0.2, 0.25) is 5.02 Å². The van der Waals surface area contributed by atoms with Gasteiger partial charge in [-0.25, -0.2) is 0 Å². The molecular formula is C19H13ClN2O2. The van der Waals surface area contributed by atoms with E-state index in [-0.39, 0.29) is 11.7 Å². The summed E-state index contributed by atoms with van der Waals surface area (Å²) in [6, 6.07) is 19.8. The van der Waals surface area contributed by atoms with Crippen LogP contribution < -0.4 is 5.32 Å². The van der Waals surface area contributed by atoms with Gasteiger partial charge in [0.1, 0.15) is 5.76 Å². The van der Waals surface area contributed by atoms with Crippen molar-refractivity contribution in [3.8, 4) is 17.4 Å². The molecular weight excluding hydrogens is 324 g/mol. The largest absolute Gasteiger partial charge is 0.451 e. The fraction of sp³-hybridized carbons (Fsp3) is 0.0526. The van der Waals surface area contributed by atoms with Crippen LogP contribution in [0.4, 0.5) is 5.69 Å². The highest BCUT2D eigenvalue weighted by molar-refractivity contribution is 6.33. The third-order valence-corrected chi connectivity index (χ3v) is 3.79. The number of nitrogens with zero attached hydrogens (tertiary/aromatic N) is 1. The second kappa shape index (κ2) is 7.03. The van der Waals surface area contributed by atoms with Crippen LogP contribution >= 0.6 is 11.6 Å². The smallest absolute Gasteiger partial charge is 0.291 e. The molecule has 0 aliphatic carbocycles. The van der Waals surface area contributed by atoms with Crippen LogP contribution in [0.1, 0.15) is 16.1 Å². The molecule has 0 fully saturated rings. The fourth-order valence-electron chi connectivity index (χ4n) is 2.26. The number of hydrogen-bond acceptors (Lipinski definition) is 3. The fourth-order valence-corrected chi connectivity index (χ4v) is 2.48. The molecule has 0 aliphatic rings. The van der Waals surface area contributed by atoms with Gasteiger partial charge in [0.15, 0.2) is 5.76 Å². The lowest BCUT2D eigenvalue weighted by Gasteiger charge is -2.04. The SMILES string of the molecule is N#CCc1ccc(NC(=O)c2ccc(-c3ccccc3Cl)o2)cc1. The number of anilines is 1. The van der Waals surface area contributed by atoms with E-state index in [1.165, 1.54) is 0 Å². The summed E-state index contributed by atoms with van der Waals surface area (Å²) in [5, 5.41) is 12.0. The highest BCUT2D eigenvalue weighted by Crippen LogP contribution is 2.29. The second-order valence-corrected chi connectivity index (χ2v) is 5.54. The van der Waals surface area contributed by atoms with Gasteiger partial charge in [0, 0.05) is 11.3 Å². The normalized spacial score (nSPS) is 10.2. The maximum absolute atomic E-state index is 12.3. The van der Waals surface area contributed by atoms with E-state index in [1.807, 2.05) is 18.2 Å². The molecule has 24 heavy (non-hydrogen) atoms. The van der Waals surface area contributed by atoms with Crippen molar-refractivity contribution in [2.45, 2.75) is 6.42 Å². The maximum atomic E-state index is 12.3. The first kappa shape index (κ1) is 15.9. The Balaban J connectivity index is 1.74. The molecule has 1 aromatic heterocycles. The molecule has 0 unspecified atom stereocenters. The molecule has 118 valence electrons. The Morgan fingerprint density at radius 1 is 1.08 bits per heavy atom. The van der Waals surface area contributed by atoms with E-state index in [2.05, 4.69) is 11.4 Å². The van der Waals surface area contributed by atoms with Crippen molar-refractivity contribution >= 4 is 23.2 Å². The van der Waals surface area contributed by atoms with Crippen LogP contribution in [0.15, 0.2) is 65.1 Å². The van der Waals surface area contributed by atoms with E-state index in [0.29, 0.717) is 22.9 Å². The van der Waals surface area contributed by atoms with Crippen LogP contribution in [-0.4, -0.2) is 5.91 Å². The molecule has 0 spiro atoms. The molecule has 1 N–H and O–H groups in total. The summed E-state index contributed by atoms with van der Waals surface area (Å²) in [7, 11) is 0. The number of benzene rings is 2. The summed E-state index contributed by atoms with van der Waals surface area (Å²) in [5.74, 6) is 0.391. The van der Waals surface area contributed by atoms with E-state index in [9.17, 15) is 4.79 Å². The Bertz CT molecular complexity index is 908. The van der Waals surface area contributed by atoms with Crippen LogP contribution in [0, 0.1) is 11.3 Å². The summed E-state index contributed by atoms with van der Waals surface area (Å²) < 4.78 is 5.61. The summed E-state index contributed by atoms with van der Waals surface area (Å²) in [6.07, 6.45) is 0.341. The Hall–Kier alpha value is -3.03. The number of furan rings is 1. The third-order valence-electron chi connectivity index (χ3n) is 3.46. The van der Waals surface area contributed by atoms with Gasteiger partial charge in [0.05, 0.1) is 17.5 Å². The number of halogens is 1. The number of rotatable bonds is 4. The first-order valence-electron chi connectivity index (χ1n) is 7.29. The molecule has 0 saturated carbocycles. The zero-order valence-electron chi connectivity index (χ0n) is 12.6. The molecule has 1 amide bonds. The highest BCUT2D eigenvalue weighted by atomic mass is 35.5. The van der Waals surface area contributed by atoms with Crippen molar-refractivity contribution in [2.24, 2.45) is 0 Å².